The van der Waals surface area contributed by atoms with Crippen molar-refractivity contribution in [3.8, 4) is 5.75 Å². The molecule has 1 amide bonds. The van der Waals surface area contributed by atoms with Crippen LogP contribution in [0.15, 0.2) is 35.9 Å². The minimum absolute atomic E-state index is 0.0892. The molecule has 1 spiro atoms. The molecule has 3 heteroatoms. The number of hydrogen-bond acceptors (Lipinski definition) is 2. The largest absolute Gasteiger partial charge is 0.483 e. The first-order valence-corrected chi connectivity index (χ1v) is 7.52. The second-order valence-corrected chi connectivity index (χ2v) is 6.16. The van der Waals surface area contributed by atoms with Gasteiger partial charge in [0.1, 0.15) is 11.4 Å². The van der Waals surface area contributed by atoms with E-state index in [0.29, 0.717) is 6.42 Å². The Labute approximate surface area is 119 Å². The molecule has 1 aromatic carbocycles. The summed E-state index contributed by atoms with van der Waals surface area (Å²) >= 11 is 0. The molecule has 0 atom stereocenters. The van der Waals surface area contributed by atoms with Gasteiger partial charge in [-0.15, -0.1) is 0 Å². The lowest BCUT2D eigenvalue weighted by Gasteiger charge is -2.35. The van der Waals surface area contributed by atoms with E-state index in [1.165, 1.54) is 12.0 Å². The Morgan fingerprint density at radius 2 is 2.15 bits per heavy atom. The monoisotopic (exact) mass is 269 g/mol. The van der Waals surface area contributed by atoms with Crippen LogP contribution in [-0.2, 0) is 4.79 Å². The lowest BCUT2D eigenvalue weighted by molar-refractivity contribution is -0.118. The molecule has 0 radical (unpaired) electrons. The van der Waals surface area contributed by atoms with E-state index in [2.05, 4.69) is 6.08 Å². The van der Waals surface area contributed by atoms with E-state index >= 15 is 0 Å². The van der Waals surface area contributed by atoms with Crippen LogP contribution in [0.3, 0.4) is 0 Å². The number of para-hydroxylation sites is 2. The third kappa shape index (κ3) is 2.01. The molecule has 4 rings (SSSR count). The minimum Gasteiger partial charge on any atom is -0.483 e. The van der Waals surface area contributed by atoms with Gasteiger partial charge in [-0.25, -0.2) is 0 Å². The number of fused-ring (bicyclic) bond motifs is 1. The second kappa shape index (κ2) is 4.37. The third-order valence-electron chi connectivity index (χ3n) is 4.55. The number of carbonyl (C=O) groups is 1. The summed E-state index contributed by atoms with van der Waals surface area (Å²) in [5.41, 5.74) is 2.16. The molecule has 0 N–H and O–H groups in total. The third-order valence-corrected chi connectivity index (χ3v) is 4.55. The number of anilines is 1. The lowest BCUT2D eigenvalue weighted by Crippen LogP contribution is -2.45. The normalized spacial score (nSPS) is 22.2. The van der Waals surface area contributed by atoms with E-state index in [9.17, 15) is 4.79 Å². The van der Waals surface area contributed by atoms with Gasteiger partial charge in [0.15, 0.2) is 0 Å². The summed E-state index contributed by atoms with van der Waals surface area (Å²) in [6, 6.07) is 7.92. The summed E-state index contributed by atoms with van der Waals surface area (Å²) in [5, 5.41) is 0. The van der Waals surface area contributed by atoms with Crippen molar-refractivity contribution >= 4 is 11.6 Å². The predicted molar refractivity (Wildman–Crippen MR) is 77.9 cm³/mol. The van der Waals surface area contributed by atoms with E-state index in [0.717, 1.165) is 43.7 Å². The molecule has 3 nitrogen and oxygen atoms in total. The Balaban J connectivity index is 1.61. The molecule has 0 aromatic heterocycles. The van der Waals surface area contributed by atoms with E-state index in [4.69, 9.17) is 4.74 Å². The summed E-state index contributed by atoms with van der Waals surface area (Å²) < 4.78 is 6.07. The van der Waals surface area contributed by atoms with E-state index in [1.54, 1.807) is 0 Å². The Morgan fingerprint density at radius 3 is 2.90 bits per heavy atom. The number of nitrogens with zero attached hydrogens (tertiary/aromatic N) is 1. The Morgan fingerprint density at radius 1 is 1.30 bits per heavy atom. The first-order valence-electron chi connectivity index (χ1n) is 7.52. The van der Waals surface area contributed by atoms with Crippen LogP contribution in [0.2, 0.25) is 0 Å². The molecule has 2 aliphatic carbocycles. The first kappa shape index (κ1) is 12.0. The van der Waals surface area contributed by atoms with Gasteiger partial charge in [0.25, 0.3) is 0 Å². The molecule has 1 fully saturated rings. The zero-order valence-electron chi connectivity index (χ0n) is 11.6. The van der Waals surface area contributed by atoms with Gasteiger partial charge in [-0.1, -0.05) is 23.8 Å². The predicted octanol–water partition coefficient (Wildman–Crippen LogP) is 3.45. The van der Waals surface area contributed by atoms with Crippen LogP contribution in [0.5, 0.6) is 5.75 Å². The van der Waals surface area contributed by atoms with Crippen LogP contribution in [0.1, 0.15) is 38.5 Å². The highest BCUT2D eigenvalue weighted by Crippen LogP contribution is 2.48. The van der Waals surface area contributed by atoms with Gasteiger partial charge in [-0.3, -0.25) is 4.79 Å². The molecule has 1 saturated carbocycles. The highest BCUT2D eigenvalue weighted by atomic mass is 16.5. The number of benzene rings is 1. The van der Waals surface area contributed by atoms with Gasteiger partial charge in [-0.05, 0) is 44.2 Å². The molecule has 0 unspecified atom stereocenters. The minimum atomic E-state index is -0.0892. The van der Waals surface area contributed by atoms with Crippen molar-refractivity contribution in [1.82, 2.24) is 0 Å². The SMILES string of the molecule is O=C(CC1=CCCC1)N1CC2(CC2)Oc2ccccc21. The quantitative estimate of drug-likeness (QED) is 0.770. The van der Waals surface area contributed by atoms with Crippen LogP contribution < -0.4 is 9.64 Å². The van der Waals surface area contributed by atoms with Gasteiger partial charge in [0.05, 0.1) is 12.2 Å². The molecule has 1 heterocycles. The summed E-state index contributed by atoms with van der Waals surface area (Å²) in [6.07, 6.45) is 8.35. The summed E-state index contributed by atoms with van der Waals surface area (Å²) in [5.74, 6) is 1.09. The maximum atomic E-state index is 12.7. The number of ether oxygens (including phenoxy) is 1. The van der Waals surface area contributed by atoms with E-state index in [1.807, 2.05) is 29.2 Å². The zero-order chi connectivity index (χ0) is 13.6. The fourth-order valence-corrected chi connectivity index (χ4v) is 3.22. The highest BCUT2D eigenvalue weighted by Gasteiger charge is 2.51. The number of rotatable bonds is 2. The maximum Gasteiger partial charge on any atom is 0.231 e. The van der Waals surface area contributed by atoms with Gasteiger partial charge in [0.2, 0.25) is 5.91 Å². The van der Waals surface area contributed by atoms with Crippen LogP contribution in [-0.4, -0.2) is 18.1 Å². The zero-order valence-corrected chi connectivity index (χ0v) is 11.6. The molecule has 104 valence electrons. The number of amides is 1. The topological polar surface area (TPSA) is 29.5 Å². The summed E-state index contributed by atoms with van der Waals surface area (Å²) in [4.78, 5) is 14.6. The average Bonchev–Trinajstić information content (AvgIpc) is 3.00. The second-order valence-electron chi connectivity index (χ2n) is 6.16. The standard InChI is InChI=1S/C17H19NO2/c19-16(11-13-5-1-2-6-13)18-12-17(9-10-17)20-15-8-4-3-7-14(15)18/h3-5,7-8H,1-2,6,9-12H2. The van der Waals surface area contributed by atoms with Crippen molar-refractivity contribution in [2.75, 3.05) is 11.4 Å². The fraction of sp³-hybridized carbons (Fsp3) is 0.471. The van der Waals surface area contributed by atoms with E-state index < -0.39 is 0 Å². The van der Waals surface area contributed by atoms with Crippen molar-refractivity contribution in [2.45, 2.75) is 44.1 Å². The smallest absolute Gasteiger partial charge is 0.231 e. The maximum absolute atomic E-state index is 12.7. The van der Waals surface area contributed by atoms with Crippen molar-refractivity contribution in [2.24, 2.45) is 0 Å². The van der Waals surface area contributed by atoms with Gasteiger partial charge in [-0.2, -0.15) is 0 Å². The molecular weight excluding hydrogens is 250 g/mol. The van der Waals surface area contributed by atoms with Crippen LogP contribution in [0.4, 0.5) is 5.69 Å². The van der Waals surface area contributed by atoms with Crippen LogP contribution in [0.25, 0.3) is 0 Å². The van der Waals surface area contributed by atoms with Gasteiger partial charge >= 0.3 is 0 Å². The van der Waals surface area contributed by atoms with E-state index in [-0.39, 0.29) is 11.5 Å². The molecular formula is C17H19NO2. The molecule has 1 aromatic rings. The van der Waals surface area contributed by atoms with Crippen molar-refractivity contribution < 1.29 is 9.53 Å². The Bertz CT molecular complexity index is 586. The fourth-order valence-electron chi connectivity index (χ4n) is 3.22. The Hall–Kier alpha value is -1.77. The number of hydrogen-bond donors (Lipinski definition) is 0. The molecule has 0 saturated heterocycles. The summed E-state index contributed by atoms with van der Waals surface area (Å²) in [7, 11) is 0. The van der Waals surface area contributed by atoms with Crippen molar-refractivity contribution in [1.29, 1.82) is 0 Å². The van der Waals surface area contributed by atoms with Gasteiger partial charge in [0, 0.05) is 6.42 Å². The number of allylic oxidation sites excluding steroid dienone is 1. The molecule has 0 bridgehead atoms. The van der Waals surface area contributed by atoms with Crippen molar-refractivity contribution in [3.63, 3.8) is 0 Å². The first-order chi connectivity index (χ1) is 9.76. The molecule has 1 aliphatic heterocycles. The lowest BCUT2D eigenvalue weighted by atomic mass is 10.1. The summed E-state index contributed by atoms with van der Waals surface area (Å²) in [6.45, 7) is 0.718. The molecule has 20 heavy (non-hydrogen) atoms. The Kier molecular flexibility index (Phi) is 2.62. The van der Waals surface area contributed by atoms with Crippen molar-refractivity contribution in [3.05, 3.63) is 35.9 Å². The van der Waals surface area contributed by atoms with Crippen LogP contribution >= 0.6 is 0 Å². The average molecular weight is 269 g/mol. The van der Waals surface area contributed by atoms with Crippen LogP contribution in [0, 0.1) is 0 Å². The highest BCUT2D eigenvalue weighted by molar-refractivity contribution is 5.97. The molecule has 3 aliphatic rings. The number of carbonyl (C=O) groups excluding carboxylic acids is 1. The van der Waals surface area contributed by atoms with Gasteiger partial charge < -0.3 is 9.64 Å².